The van der Waals surface area contributed by atoms with Gasteiger partial charge in [-0.15, -0.1) is 0 Å². The maximum Gasteiger partial charge on any atom is 0.220 e. The van der Waals surface area contributed by atoms with E-state index in [-0.39, 0.29) is 22.6 Å². The van der Waals surface area contributed by atoms with E-state index in [1.165, 1.54) is 6.07 Å². The molecular formula is C20H23ClFN3O2. The minimum absolute atomic E-state index is 0.0279. The van der Waals surface area contributed by atoms with Crippen LogP contribution in [0.25, 0.3) is 5.69 Å². The summed E-state index contributed by atoms with van der Waals surface area (Å²) in [6.45, 7) is 5.45. The predicted octanol–water partition coefficient (Wildman–Crippen LogP) is 3.27. The number of aryl methyl sites for hydroxylation is 1. The van der Waals surface area contributed by atoms with E-state index in [0.29, 0.717) is 38.0 Å². The van der Waals surface area contributed by atoms with Gasteiger partial charge in [-0.1, -0.05) is 11.6 Å². The Morgan fingerprint density at radius 2 is 1.89 bits per heavy atom. The average molecular weight is 392 g/mol. The van der Waals surface area contributed by atoms with E-state index in [1.807, 2.05) is 24.5 Å². The lowest BCUT2D eigenvalue weighted by molar-refractivity contribution is -0.123. The second kappa shape index (κ2) is 7.82. The number of primary amides is 1. The number of carbonyl (C=O) groups excluding carboxylic acids is 2. The Morgan fingerprint density at radius 3 is 2.48 bits per heavy atom. The van der Waals surface area contributed by atoms with Crippen molar-refractivity contribution < 1.29 is 14.0 Å². The van der Waals surface area contributed by atoms with Crippen molar-refractivity contribution in [2.24, 2.45) is 11.7 Å². The highest BCUT2D eigenvalue weighted by atomic mass is 35.5. The fraction of sp³-hybridized carbons (Fsp3) is 0.400. The second-order valence-electron chi connectivity index (χ2n) is 7.09. The molecule has 3 rings (SSSR count). The molecule has 1 aromatic heterocycles. The van der Waals surface area contributed by atoms with E-state index in [0.717, 1.165) is 17.1 Å². The summed E-state index contributed by atoms with van der Waals surface area (Å²) in [5.74, 6) is -0.800. The number of carbonyl (C=O) groups is 2. The highest BCUT2D eigenvalue weighted by molar-refractivity contribution is 6.30. The van der Waals surface area contributed by atoms with Gasteiger partial charge in [0.2, 0.25) is 5.91 Å². The van der Waals surface area contributed by atoms with Crippen molar-refractivity contribution in [3.63, 3.8) is 0 Å². The first-order valence-electron chi connectivity index (χ1n) is 8.97. The number of nitrogens with two attached hydrogens (primary N) is 1. The molecule has 2 N–H and O–H groups in total. The van der Waals surface area contributed by atoms with E-state index < -0.39 is 5.82 Å². The van der Waals surface area contributed by atoms with Crippen LogP contribution in [-0.2, 0) is 4.79 Å². The predicted molar refractivity (Wildman–Crippen MR) is 103 cm³/mol. The Labute approximate surface area is 162 Å². The third kappa shape index (κ3) is 4.06. The zero-order valence-corrected chi connectivity index (χ0v) is 16.2. The quantitative estimate of drug-likeness (QED) is 0.795. The molecule has 27 heavy (non-hydrogen) atoms. The number of nitrogens with zero attached hydrogens (tertiary/aromatic N) is 2. The highest BCUT2D eigenvalue weighted by Crippen LogP contribution is 2.25. The first kappa shape index (κ1) is 19.6. The van der Waals surface area contributed by atoms with Crippen molar-refractivity contribution in [3.05, 3.63) is 52.1 Å². The van der Waals surface area contributed by atoms with Gasteiger partial charge in [-0.25, -0.2) is 4.39 Å². The van der Waals surface area contributed by atoms with Crippen LogP contribution in [0.15, 0.2) is 24.3 Å². The molecule has 0 bridgehead atoms. The van der Waals surface area contributed by atoms with Crippen molar-refractivity contribution in [2.45, 2.75) is 26.7 Å². The molecule has 0 radical (unpaired) electrons. The first-order valence-corrected chi connectivity index (χ1v) is 9.35. The molecule has 1 amide bonds. The molecule has 0 spiro atoms. The molecule has 1 aliphatic heterocycles. The minimum atomic E-state index is -0.474. The molecule has 0 atom stereocenters. The zero-order valence-electron chi connectivity index (χ0n) is 15.5. The van der Waals surface area contributed by atoms with Gasteiger partial charge in [-0.2, -0.15) is 0 Å². The largest absolute Gasteiger partial charge is 0.369 e. The van der Waals surface area contributed by atoms with E-state index in [4.69, 9.17) is 17.3 Å². The Hall–Kier alpha value is -2.18. The maximum absolute atomic E-state index is 13.5. The van der Waals surface area contributed by atoms with Gasteiger partial charge >= 0.3 is 0 Å². The number of hydrogen-bond acceptors (Lipinski definition) is 3. The third-order valence-electron chi connectivity index (χ3n) is 5.25. The van der Waals surface area contributed by atoms with Crippen LogP contribution < -0.4 is 5.73 Å². The van der Waals surface area contributed by atoms with Gasteiger partial charge < -0.3 is 10.3 Å². The highest BCUT2D eigenvalue weighted by Gasteiger charge is 2.25. The Morgan fingerprint density at radius 1 is 1.22 bits per heavy atom. The summed E-state index contributed by atoms with van der Waals surface area (Å²) in [6, 6.07) is 6.37. The van der Waals surface area contributed by atoms with Gasteiger partial charge in [-0.05, 0) is 64.0 Å². The Bertz CT molecular complexity index is 886. The molecule has 0 unspecified atom stereocenters. The summed E-state index contributed by atoms with van der Waals surface area (Å²) in [5.41, 5.74) is 8.40. The van der Waals surface area contributed by atoms with Crippen LogP contribution in [0.1, 0.15) is 34.6 Å². The molecule has 144 valence electrons. The Kier molecular flexibility index (Phi) is 5.67. The summed E-state index contributed by atoms with van der Waals surface area (Å²) in [7, 11) is 0. The van der Waals surface area contributed by atoms with E-state index in [1.54, 1.807) is 12.1 Å². The second-order valence-corrected chi connectivity index (χ2v) is 7.50. The van der Waals surface area contributed by atoms with Crippen molar-refractivity contribution >= 4 is 23.3 Å². The molecule has 2 heterocycles. The van der Waals surface area contributed by atoms with Crippen LogP contribution in [0.3, 0.4) is 0 Å². The van der Waals surface area contributed by atoms with Crippen LogP contribution in [0, 0.1) is 25.6 Å². The van der Waals surface area contributed by atoms with E-state index in [2.05, 4.69) is 4.90 Å². The zero-order chi connectivity index (χ0) is 19.7. The van der Waals surface area contributed by atoms with Gasteiger partial charge in [0.1, 0.15) is 5.82 Å². The molecular weight excluding hydrogens is 369 g/mol. The average Bonchev–Trinajstić information content (AvgIpc) is 2.92. The number of rotatable bonds is 5. The number of hydrogen-bond donors (Lipinski definition) is 1. The summed E-state index contributed by atoms with van der Waals surface area (Å²) in [4.78, 5) is 26.2. The molecule has 7 heteroatoms. The summed E-state index contributed by atoms with van der Waals surface area (Å²) < 4.78 is 15.4. The molecule has 1 aliphatic rings. The summed E-state index contributed by atoms with van der Waals surface area (Å²) in [5, 5.41) is 0.0465. The van der Waals surface area contributed by atoms with Crippen LogP contribution >= 0.6 is 11.6 Å². The monoisotopic (exact) mass is 391 g/mol. The number of ketones is 1. The smallest absolute Gasteiger partial charge is 0.220 e. The van der Waals surface area contributed by atoms with Crippen LogP contribution in [0.2, 0.25) is 5.02 Å². The number of likely N-dealkylation sites (tertiary alicyclic amines) is 1. The number of benzene rings is 1. The summed E-state index contributed by atoms with van der Waals surface area (Å²) >= 11 is 5.91. The number of aromatic nitrogens is 1. The SMILES string of the molecule is Cc1cc(C(=O)CN2CCC(C(N)=O)CC2)c(C)n1-c1ccc(F)c(Cl)c1. The van der Waals surface area contributed by atoms with Crippen molar-refractivity contribution in [3.8, 4) is 5.69 Å². The molecule has 1 aromatic carbocycles. The molecule has 5 nitrogen and oxygen atoms in total. The lowest BCUT2D eigenvalue weighted by atomic mass is 9.96. The number of halogens is 2. The van der Waals surface area contributed by atoms with Crippen molar-refractivity contribution in [2.75, 3.05) is 19.6 Å². The number of amides is 1. The lowest BCUT2D eigenvalue weighted by Gasteiger charge is -2.29. The maximum atomic E-state index is 13.5. The van der Waals surface area contributed by atoms with Crippen molar-refractivity contribution in [1.82, 2.24) is 9.47 Å². The van der Waals surface area contributed by atoms with Gasteiger partial charge in [0.15, 0.2) is 5.78 Å². The third-order valence-corrected chi connectivity index (χ3v) is 5.54. The molecule has 1 fully saturated rings. The summed E-state index contributed by atoms with van der Waals surface area (Å²) in [6.07, 6.45) is 1.38. The minimum Gasteiger partial charge on any atom is -0.369 e. The normalized spacial score (nSPS) is 15.9. The van der Waals surface area contributed by atoms with Gasteiger partial charge in [0, 0.05) is 28.6 Å². The fourth-order valence-corrected chi connectivity index (χ4v) is 3.91. The molecule has 2 aromatic rings. The van der Waals surface area contributed by atoms with Crippen LogP contribution in [0.4, 0.5) is 4.39 Å². The molecule has 0 saturated carbocycles. The van der Waals surface area contributed by atoms with E-state index >= 15 is 0 Å². The van der Waals surface area contributed by atoms with Gasteiger partial charge in [-0.3, -0.25) is 14.5 Å². The fourth-order valence-electron chi connectivity index (χ4n) is 3.73. The van der Waals surface area contributed by atoms with Crippen LogP contribution in [-0.4, -0.2) is 40.8 Å². The standard InChI is InChI=1S/C20H23ClFN3O2/c1-12-9-16(13(2)25(12)15-3-4-18(22)17(21)10-15)19(26)11-24-7-5-14(6-8-24)20(23)27/h3-4,9-10,14H,5-8,11H2,1-2H3,(H2,23,27). The lowest BCUT2D eigenvalue weighted by Crippen LogP contribution is -2.40. The Balaban J connectivity index is 1.77. The van der Waals surface area contributed by atoms with Crippen LogP contribution in [0.5, 0.6) is 0 Å². The van der Waals surface area contributed by atoms with Crippen molar-refractivity contribution in [1.29, 1.82) is 0 Å². The first-order chi connectivity index (χ1) is 12.8. The molecule has 0 aliphatic carbocycles. The number of Topliss-reactive ketones (excluding diaryl/α,β-unsaturated/α-hetero) is 1. The van der Waals surface area contributed by atoms with E-state index in [9.17, 15) is 14.0 Å². The topological polar surface area (TPSA) is 68.3 Å². The number of piperidine rings is 1. The molecule has 1 saturated heterocycles. The van der Waals surface area contributed by atoms with Gasteiger partial charge in [0.25, 0.3) is 0 Å². The van der Waals surface area contributed by atoms with Gasteiger partial charge in [0.05, 0.1) is 11.6 Å².